The van der Waals surface area contributed by atoms with Gasteiger partial charge in [-0.2, -0.15) is 0 Å². The van der Waals surface area contributed by atoms with Crippen molar-refractivity contribution in [2.45, 2.75) is 0 Å². The zero-order valence-electron chi connectivity index (χ0n) is 11.8. The molecule has 21 heavy (non-hydrogen) atoms. The van der Waals surface area contributed by atoms with Gasteiger partial charge < -0.3 is 4.74 Å². The second-order valence-corrected chi connectivity index (χ2v) is 5.14. The van der Waals surface area contributed by atoms with Gasteiger partial charge in [-0.3, -0.25) is 13.9 Å². The Morgan fingerprint density at radius 2 is 1.67 bits per heavy atom. The van der Waals surface area contributed by atoms with Crippen LogP contribution in [0, 0.1) is 11.8 Å². The van der Waals surface area contributed by atoms with Gasteiger partial charge in [0.05, 0.1) is 7.11 Å². The second-order valence-electron chi connectivity index (χ2n) is 4.35. The van der Waals surface area contributed by atoms with Gasteiger partial charge in [0.15, 0.2) is 0 Å². The number of hydrogen-bond donors (Lipinski definition) is 0. The van der Waals surface area contributed by atoms with E-state index in [4.69, 9.17) is 4.74 Å². The quantitative estimate of drug-likeness (QED) is 0.729. The van der Waals surface area contributed by atoms with Crippen molar-refractivity contribution in [2.24, 2.45) is 14.1 Å². The van der Waals surface area contributed by atoms with Gasteiger partial charge in [-0.15, -0.1) is 0 Å². The van der Waals surface area contributed by atoms with E-state index in [1.807, 2.05) is 0 Å². The SMILES string of the molecule is COc1ccc(C#Cc2c(Br)c(=O)n(C)c(=O)n2C)cc1. The maximum Gasteiger partial charge on any atom is 0.331 e. The number of ether oxygens (including phenoxy) is 1. The van der Waals surface area contributed by atoms with Crippen LogP contribution in [0.3, 0.4) is 0 Å². The number of hydrogen-bond acceptors (Lipinski definition) is 3. The molecule has 1 heterocycles. The molecule has 0 saturated heterocycles. The molecule has 0 fully saturated rings. The van der Waals surface area contributed by atoms with E-state index < -0.39 is 11.2 Å². The van der Waals surface area contributed by atoms with E-state index in [-0.39, 0.29) is 4.47 Å². The van der Waals surface area contributed by atoms with Gasteiger partial charge >= 0.3 is 5.69 Å². The van der Waals surface area contributed by atoms with Crippen LogP contribution in [0.5, 0.6) is 5.75 Å². The minimum absolute atomic E-state index is 0.271. The molecule has 0 bridgehead atoms. The summed E-state index contributed by atoms with van der Waals surface area (Å²) in [5.41, 5.74) is 0.286. The van der Waals surface area contributed by atoms with Crippen LogP contribution in [0.2, 0.25) is 0 Å². The predicted molar refractivity (Wildman–Crippen MR) is 83.6 cm³/mol. The Morgan fingerprint density at radius 1 is 1.05 bits per heavy atom. The average molecular weight is 349 g/mol. The fourth-order valence-electron chi connectivity index (χ4n) is 1.75. The molecular weight excluding hydrogens is 336 g/mol. The third-order valence-corrected chi connectivity index (χ3v) is 3.74. The highest BCUT2D eigenvalue weighted by Crippen LogP contribution is 2.11. The summed E-state index contributed by atoms with van der Waals surface area (Å²) < 4.78 is 7.71. The number of halogens is 1. The molecule has 1 aromatic carbocycles. The van der Waals surface area contributed by atoms with E-state index in [0.29, 0.717) is 5.69 Å². The summed E-state index contributed by atoms with van der Waals surface area (Å²) in [6.07, 6.45) is 0. The fourth-order valence-corrected chi connectivity index (χ4v) is 2.38. The maximum atomic E-state index is 11.9. The van der Waals surface area contributed by atoms with Crippen LogP contribution in [0.25, 0.3) is 0 Å². The van der Waals surface area contributed by atoms with Gasteiger partial charge in [0.25, 0.3) is 5.56 Å². The molecule has 0 N–H and O–H groups in total. The summed E-state index contributed by atoms with van der Waals surface area (Å²) >= 11 is 3.20. The fraction of sp³-hybridized carbons (Fsp3) is 0.200. The van der Waals surface area contributed by atoms with Crippen molar-refractivity contribution in [1.29, 1.82) is 0 Å². The van der Waals surface area contributed by atoms with E-state index >= 15 is 0 Å². The van der Waals surface area contributed by atoms with Crippen LogP contribution in [0.1, 0.15) is 11.3 Å². The van der Waals surface area contributed by atoms with Crippen LogP contribution < -0.4 is 16.0 Å². The van der Waals surface area contributed by atoms with Gasteiger partial charge in [-0.05, 0) is 46.1 Å². The lowest BCUT2D eigenvalue weighted by atomic mass is 10.2. The molecule has 2 aromatic rings. The molecule has 0 saturated carbocycles. The Balaban J connectivity index is 2.52. The molecule has 0 unspecified atom stereocenters. The lowest BCUT2D eigenvalue weighted by Gasteiger charge is -2.06. The van der Waals surface area contributed by atoms with Gasteiger partial charge in [0.1, 0.15) is 15.9 Å². The molecule has 0 radical (unpaired) electrons. The first kappa shape index (κ1) is 15.1. The first-order valence-corrected chi connectivity index (χ1v) is 6.86. The predicted octanol–water partition coefficient (Wildman–Crippen LogP) is 1.25. The van der Waals surface area contributed by atoms with E-state index in [9.17, 15) is 9.59 Å². The number of benzene rings is 1. The van der Waals surface area contributed by atoms with Gasteiger partial charge in [0, 0.05) is 19.7 Å². The first-order valence-electron chi connectivity index (χ1n) is 6.07. The van der Waals surface area contributed by atoms with Crippen LogP contribution in [0.4, 0.5) is 0 Å². The summed E-state index contributed by atoms with van der Waals surface area (Å²) in [7, 11) is 4.59. The molecule has 0 aliphatic rings. The minimum atomic E-state index is -0.415. The average Bonchev–Trinajstić information content (AvgIpc) is 2.51. The van der Waals surface area contributed by atoms with Crippen molar-refractivity contribution in [1.82, 2.24) is 9.13 Å². The number of aromatic nitrogens is 2. The van der Waals surface area contributed by atoms with Gasteiger partial charge in [-0.1, -0.05) is 5.92 Å². The molecular formula is C15H13BrN2O3. The highest BCUT2D eigenvalue weighted by atomic mass is 79.9. The summed E-state index contributed by atoms with van der Waals surface area (Å²) in [6.45, 7) is 0. The second kappa shape index (κ2) is 6.02. The van der Waals surface area contributed by atoms with Crippen molar-refractivity contribution < 1.29 is 4.74 Å². The number of methoxy groups -OCH3 is 1. The van der Waals surface area contributed by atoms with Gasteiger partial charge in [-0.25, -0.2) is 4.79 Å². The zero-order valence-corrected chi connectivity index (χ0v) is 13.4. The summed E-state index contributed by atoms with van der Waals surface area (Å²) in [4.78, 5) is 23.8. The number of rotatable bonds is 1. The van der Waals surface area contributed by atoms with Crippen LogP contribution in [0.15, 0.2) is 38.3 Å². The summed E-state index contributed by atoms with van der Waals surface area (Å²) in [5, 5.41) is 0. The van der Waals surface area contributed by atoms with Crippen molar-refractivity contribution in [2.75, 3.05) is 7.11 Å². The minimum Gasteiger partial charge on any atom is -0.497 e. The van der Waals surface area contributed by atoms with Crippen LogP contribution in [-0.2, 0) is 14.1 Å². The molecule has 0 atom stereocenters. The zero-order chi connectivity index (χ0) is 15.6. The maximum absolute atomic E-state index is 11.9. The lowest BCUT2D eigenvalue weighted by molar-refractivity contribution is 0.415. The highest BCUT2D eigenvalue weighted by Gasteiger charge is 2.11. The Kier molecular flexibility index (Phi) is 4.34. The molecule has 1 aromatic heterocycles. The molecule has 0 aliphatic carbocycles. The van der Waals surface area contributed by atoms with E-state index in [1.165, 1.54) is 11.6 Å². The molecule has 0 amide bonds. The highest BCUT2D eigenvalue weighted by molar-refractivity contribution is 9.10. The molecule has 2 rings (SSSR count). The Morgan fingerprint density at radius 3 is 2.24 bits per heavy atom. The standard InChI is InChI=1S/C15H13BrN2O3/c1-17-12(13(16)14(19)18(2)15(17)20)9-6-10-4-7-11(21-3)8-5-10/h4-5,7-8H,1-3H3. The van der Waals surface area contributed by atoms with Crippen molar-refractivity contribution in [3.63, 3.8) is 0 Å². The summed E-state index contributed by atoms with van der Waals surface area (Å²) in [6, 6.07) is 7.20. The Bertz CT molecular complexity index is 815. The van der Waals surface area contributed by atoms with E-state index in [0.717, 1.165) is 15.9 Å². The normalized spacial score (nSPS) is 9.90. The van der Waals surface area contributed by atoms with E-state index in [1.54, 1.807) is 38.4 Å². The summed E-state index contributed by atoms with van der Waals surface area (Å²) in [5.74, 6) is 6.52. The monoisotopic (exact) mass is 348 g/mol. The third kappa shape index (κ3) is 2.93. The molecule has 0 spiro atoms. The van der Waals surface area contributed by atoms with Crippen LogP contribution >= 0.6 is 15.9 Å². The van der Waals surface area contributed by atoms with Crippen molar-refractivity contribution in [3.8, 4) is 17.6 Å². The topological polar surface area (TPSA) is 53.2 Å². The van der Waals surface area contributed by atoms with Crippen molar-refractivity contribution >= 4 is 15.9 Å². The van der Waals surface area contributed by atoms with Crippen LogP contribution in [-0.4, -0.2) is 16.2 Å². The number of nitrogens with zero attached hydrogens (tertiary/aromatic N) is 2. The van der Waals surface area contributed by atoms with E-state index in [2.05, 4.69) is 27.8 Å². The Labute approximate surface area is 129 Å². The smallest absolute Gasteiger partial charge is 0.331 e. The molecule has 6 heteroatoms. The lowest BCUT2D eigenvalue weighted by Crippen LogP contribution is -2.38. The largest absolute Gasteiger partial charge is 0.497 e. The van der Waals surface area contributed by atoms with Gasteiger partial charge in [0.2, 0.25) is 0 Å². The first-order chi connectivity index (χ1) is 9.95. The Hall–Kier alpha value is -2.26. The molecule has 5 nitrogen and oxygen atoms in total. The third-order valence-electron chi connectivity index (χ3n) is 3.02. The van der Waals surface area contributed by atoms with Crippen molar-refractivity contribution in [3.05, 3.63) is 60.8 Å². The molecule has 0 aliphatic heterocycles. The molecule has 108 valence electrons.